The predicted octanol–water partition coefficient (Wildman–Crippen LogP) is -0.0863. The quantitative estimate of drug-likeness (QED) is 0.527. The number of nitrogen functional groups attached to an aromatic ring is 1. The predicted molar refractivity (Wildman–Crippen MR) is 42.2 cm³/mol. The zero-order chi connectivity index (χ0) is 8.48. The fourth-order valence-electron chi connectivity index (χ4n) is 0.658. The molecular weight excluding hydrogens is 228 g/mol. The van der Waals surface area contributed by atoms with E-state index >= 15 is 0 Å². The molecule has 0 unspecified atom stereocenters. The van der Waals surface area contributed by atoms with Crippen LogP contribution in [-0.2, 0) is 27.1 Å². The van der Waals surface area contributed by atoms with Crippen LogP contribution in [0, 0.1) is 0 Å². The first-order valence-electron chi connectivity index (χ1n) is 2.88. The van der Waals surface area contributed by atoms with Gasteiger partial charge in [-0.2, -0.15) is 0 Å². The fourth-order valence-corrected chi connectivity index (χ4v) is 1.17. The summed E-state index contributed by atoms with van der Waals surface area (Å²) in [6.07, 6.45) is 0. The van der Waals surface area contributed by atoms with E-state index < -0.39 is 10.0 Å². The van der Waals surface area contributed by atoms with Crippen molar-refractivity contribution >= 4 is 15.7 Å². The Balaban J connectivity index is 0.00000121. The summed E-state index contributed by atoms with van der Waals surface area (Å²) in [4.78, 5) is 0.0756. The van der Waals surface area contributed by atoms with Crippen LogP contribution in [0.15, 0.2) is 29.2 Å². The molecule has 0 aliphatic carbocycles. The number of hydrogen-bond acceptors (Lipinski definition) is 3. The van der Waals surface area contributed by atoms with Crippen LogP contribution in [0.2, 0.25) is 0 Å². The van der Waals surface area contributed by atoms with E-state index in [0.29, 0.717) is 5.69 Å². The Morgan fingerprint density at radius 1 is 1.08 bits per heavy atom. The monoisotopic (exact) mass is 235 g/mol. The molecule has 0 atom stereocenters. The molecule has 0 bridgehead atoms. The number of benzene rings is 1. The third-order valence-electron chi connectivity index (χ3n) is 1.21. The Kier molecular flexibility index (Phi) is 3.73. The van der Waals surface area contributed by atoms with Gasteiger partial charge in [0.2, 0.25) is 10.0 Å². The minimum Gasteiger partial charge on any atom is -0.399 e. The molecule has 0 fully saturated rings. The van der Waals surface area contributed by atoms with Gasteiger partial charge in [-0.25, -0.2) is 13.6 Å². The SMILES string of the molecule is Nc1ccc(S(N)(=O)=O)cc1.[Cu]. The van der Waals surface area contributed by atoms with Gasteiger partial charge in [0.15, 0.2) is 0 Å². The summed E-state index contributed by atoms with van der Waals surface area (Å²) in [5.41, 5.74) is 5.85. The molecule has 0 amide bonds. The third kappa shape index (κ3) is 2.83. The molecule has 0 spiro atoms. The van der Waals surface area contributed by atoms with Crippen molar-refractivity contribution in [3.63, 3.8) is 0 Å². The van der Waals surface area contributed by atoms with E-state index in [9.17, 15) is 8.42 Å². The second-order valence-corrected chi connectivity index (χ2v) is 3.68. The minimum absolute atomic E-state index is 0. The van der Waals surface area contributed by atoms with E-state index in [-0.39, 0.29) is 22.0 Å². The van der Waals surface area contributed by atoms with Crippen LogP contribution in [-0.4, -0.2) is 8.42 Å². The Morgan fingerprint density at radius 3 is 1.83 bits per heavy atom. The Morgan fingerprint density at radius 2 is 1.50 bits per heavy atom. The molecule has 0 aromatic heterocycles. The van der Waals surface area contributed by atoms with E-state index in [1.807, 2.05) is 0 Å². The summed E-state index contributed by atoms with van der Waals surface area (Å²) in [7, 11) is -3.58. The van der Waals surface area contributed by atoms with Crippen LogP contribution in [0.5, 0.6) is 0 Å². The summed E-state index contributed by atoms with van der Waals surface area (Å²) < 4.78 is 21.4. The van der Waals surface area contributed by atoms with Crippen molar-refractivity contribution in [1.82, 2.24) is 0 Å². The molecule has 0 aliphatic rings. The van der Waals surface area contributed by atoms with E-state index in [2.05, 4.69) is 0 Å². The van der Waals surface area contributed by atoms with Crippen molar-refractivity contribution < 1.29 is 25.5 Å². The summed E-state index contributed by atoms with van der Waals surface area (Å²) >= 11 is 0. The van der Waals surface area contributed by atoms with Gasteiger partial charge in [0.1, 0.15) is 0 Å². The summed E-state index contributed by atoms with van der Waals surface area (Å²) in [5.74, 6) is 0. The Labute approximate surface area is 81.5 Å². The zero-order valence-electron chi connectivity index (χ0n) is 5.99. The first-order chi connectivity index (χ1) is 5.00. The molecule has 71 valence electrons. The maximum atomic E-state index is 10.7. The van der Waals surface area contributed by atoms with E-state index in [0.717, 1.165) is 0 Å². The zero-order valence-corrected chi connectivity index (χ0v) is 7.75. The molecule has 4 N–H and O–H groups in total. The van der Waals surface area contributed by atoms with Gasteiger partial charge in [0.25, 0.3) is 0 Å². The number of nitrogens with two attached hydrogens (primary N) is 2. The fraction of sp³-hybridized carbons (Fsp3) is 0. The molecule has 6 heteroatoms. The largest absolute Gasteiger partial charge is 0.399 e. The number of sulfonamides is 1. The third-order valence-corrected chi connectivity index (χ3v) is 2.14. The van der Waals surface area contributed by atoms with Crippen LogP contribution in [0.25, 0.3) is 0 Å². The van der Waals surface area contributed by atoms with Crippen molar-refractivity contribution in [3.05, 3.63) is 24.3 Å². The van der Waals surface area contributed by atoms with Gasteiger partial charge in [-0.15, -0.1) is 0 Å². The average Bonchev–Trinajstić information content (AvgIpc) is 1.86. The number of anilines is 1. The first kappa shape index (κ1) is 11.4. The molecule has 12 heavy (non-hydrogen) atoms. The van der Waals surface area contributed by atoms with E-state index in [1.165, 1.54) is 24.3 Å². The molecule has 0 saturated carbocycles. The Hall–Kier alpha value is -0.551. The topological polar surface area (TPSA) is 86.2 Å². The maximum absolute atomic E-state index is 10.7. The van der Waals surface area contributed by atoms with E-state index in [1.54, 1.807) is 0 Å². The van der Waals surface area contributed by atoms with Crippen LogP contribution in [0.1, 0.15) is 0 Å². The molecule has 0 saturated heterocycles. The summed E-state index contributed by atoms with van der Waals surface area (Å²) in [5, 5.41) is 4.84. The second kappa shape index (κ2) is 3.91. The Bertz CT molecular complexity index is 346. The normalized spacial score (nSPS) is 10.4. The van der Waals surface area contributed by atoms with Gasteiger partial charge in [-0.1, -0.05) is 0 Å². The number of primary sulfonamides is 1. The maximum Gasteiger partial charge on any atom is 0.238 e. The van der Waals surface area contributed by atoms with Gasteiger partial charge in [0, 0.05) is 22.8 Å². The van der Waals surface area contributed by atoms with Crippen LogP contribution < -0.4 is 10.9 Å². The smallest absolute Gasteiger partial charge is 0.238 e. The average molecular weight is 236 g/mol. The molecule has 1 aromatic carbocycles. The molecule has 4 nitrogen and oxygen atoms in total. The molecule has 0 heterocycles. The van der Waals surface area contributed by atoms with Gasteiger partial charge in [0.05, 0.1) is 4.90 Å². The van der Waals surface area contributed by atoms with Crippen molar-refractivity contribution in [2.45, 2.75) is 4.90 Å². The standard InChI is InChI=1S/C6H8N2O2S.Cu/c7-5-1-3-6(4-2-5)11(8,9)10;/h1-4H,7H2,(H2,8,9,10);. The first-order valence-corrected chi connectivity index (χ1v) is 4.43. The van der Waals surface area contributed by atoms with Crippen molar-refractivity contribution in [2.75, 3.05) is 5.73 Å². The summed E-state index contributed by atoms with van der Waals surface area (Å²) in [6, 6.07) is 5.70. The van der Waals surface area contributed by atoms with Crippen molar-refractivity contribution in [3.8, 4) is 0 Å². The molecule has 1 rings (SSSR count). The molecule has 1 radical (unpaired) electrons. The van der Waals surface area contributed by atoms with Gasteiger partial charge < -0.3 is 5.73 Å². The van der Waals surface area contributed by atoms with Gasteiger partial charge in [-0.3, -0.25) is 0 Å². The summed E-state index contributed by atoms with van der Waals surface area (Å²) in [6.45, 7) is 0. The van der Waals surface area contributed by atoms with Crippen molar-refractivity contribution in [1.29, 1.82) is 0 Å². The van der Waals surface area contributed by atoms with Gasteiger partial charge in [-0.05, 0) is 24.3 Å². The van der Waals surface area contributed by atoms with Crippen LogP contribution >= 0.6 is 0 Å². The van der Waals surface area contributed by atoms with E-state index in [4.69, 9.17) is 10.9 Å². The molecule has 0 aliphatic heterocycles. The van der Waals surface area contributed by atoms with Crippen molar-refractivity contribution in [2.24, 2.45) is 5.14 Å². The number of rotatable bonds is 1. The van der Waals surface area contributed by atoms with Crippen LogP contribution in [0.3, 0.4) is 0 Å². The molecule has 1 aromatic rings. The minimum atomic E-state index is -3.58. The molecular formula is C6H8CuN2O2S. The second-order valence-electron chi connectivity index (χ2n) is 2.11. The van der Waals surface area contributed by atoms with Gasteiger partial charge >= 0.3 is 0 Å². The van der Waals surface area contributed by atoms with Crippen LogP contribution in [0.4, 0.5) is 5.69 Å². The number of hydrogen-bond donors (Lipinski definition) is 2.